The third-order valence-electron chi connectivity index (χ3n) is 2.64. The van der Waals surface area contributed by atoms with Gasteiger partial charge in [0.05, 0.1) is 0 Å². The molecule has 0 atom stereocenters. The molecular weight excluding hydrogens is 280 g/mol. The van der Waals surface area contributed by atoms with Crippen LogP contribution in [0.4, 0.5) is 11.6 Å². The summed E-state index contributed by atoms with van der Waals surface area (Å²) in [5.41, 5.74) is 1.39. The van der Waals surface area contributed by atoms with Gasteiger partial charge in [0, 0.05) is 23.7 Å². The molecule has 6 heteroatoms. The van der Waals surface area contributed by atoms with E-state index < -0.39 is 5.91 Å². The molecule has 0 bridgehead atoms. The summed E-state index contributed by atoms with van der Waals surface area (Å²) in [5, 5.41) is 5.73. The Kier molecular flexibility index (Phi) is 4.10. The zero-order valence-electron chi connectivity index (χ0n) is 11.0. The molecule has 0 spiro atoms. The van der Waals surface area contributed by atoms with Crippen molar-refractivity contribution < 1.29 is 14.0 Å². The normalized spacial score (nSPS) is 10.2. The van der Waals surface area contributed by atoms with Crippen molar-refractivity contribution in [2.75, 3.05) is 10.6 Å². The van der Waals surface area contributed by atoms with Gasteiger partial charge in [0.2, 0.25) is 5.91 Å². The monoisotopic (exact) mass is 292 g/mol. The second-order valence-electron chi connectivity index (χ2n) is 4.21. The first kappa shape index (κ1) is 14.1. The van der Waals surface area contributed by atoms with E-state index in [0.29, 0.717) is 10.7 Å². The van der Waals surface area contributed by atoms with Gasteiger partial charge in [0.15, 0.2) is 11.6 Å². The zero-order valence-corrected chi connectivity index (χ0v) is 11.7. The average molecular weight is 293 g/mol. The van der Waals surface area contributed by atoms with Crippen molar-refractivity contribution in [2.24, 2.45) is 0 Å². The minimum atomic E-state index is -0.410. The van der Waals surface area contributed by atoms with Gasteiger partial charge < -0.3 is 9.73 Å². The molecule has 2 amide bonds. The van der Waals surface area contributed by atoms with Crippen molar-refractivity contribution in [3.05, 3.63) is 46.7 Å². The van der Waals surface area contributed by atoms with Crippen LogP contribution >= 0.6 is 11.6 Å². The minimum absolute atomic E-state index is 0.105. The van der Waals surface area contributed by atoms with Crippen LogP contribution < -0.4 is 10.6 Å². The third kappa shape index (κ3) is 3.19. The number of carbonyl (C=O) groups excluding carboxylic acids is 2. The number of furan rings is 1. The maximum atomic E-state index is 12.0. The molecule has 2 N–H and O–H groups in total. The Morgan fingerprint density at radius 3 is 2.60 bits per heavy atom. The molecule has 0 fully saturated rings. The SMILES string of the molecule is CC(=O)Nc1ccc(C(=O)Nc2cccc(Cl)c2C)o1. The van der Waals surface area contributed by atoms with Gasteiger partial charge in [-0.05, 0) is 30.7 Å². The smallest absolute Gasteiger partial charge is 0.291 e. The van der Waals surface area contributed by atoms with Crippen molar-refractivity contribution in [3.63, 3.8) is 0 Å². The Labute approximate surface area is 120 Å². The van der Waals surface area contributed by atoms with Gasteiger partial charge >= 0.3 is 0 Å². The Hall–Kier alpha value is -2.27. The molecule has 0 saturated carbocycles. The summed E-state index contributed by atoms with van der Waals surface area (Å²) in [6.45, 7) is 3.17. The standard InChI is InChI=1S/C14H13ClN2O3/c1-8-10(15)4-3-5-11(8)17-14(19)12-6-7-13(20-12)16-9(2)18/h3-7H,1-2H3,(H,16,18)(H,17,19). The molecule has 1 aromatic heterocycles. The lowest BCUT2D eigenvalue weighted by molar-refractivity contribution is -0.114. The van der Waals surface area contributed by atoms with Crippen molar-refractivity contribution in [2.45, 2.75) is 13.8 Å². The first-order valence-electron chi connectivity index (χ1n) is 5.91. The van der Waals surface area contributed by atoms with E-state index in [1.807, 2.05) is 6.92 Å². The lowest BCUT2D eigenvalue weighted by Gasteiger charge is -2.08. The van der Waals surface area contributed by atoms with Crippen molar-refractivity contribution in [1.29, 1.82) is 0 Å². The summed E-state index contributed by atoms with van der Waals surface area (Å²) < 4.78 is 5.22. The fraction of sp³-hybridized carbons (Fsp3) is 0.143. The van der Waals surface area contributed by atoms with Crippen molar-refractivity contribution in [3.8, 4) is 0 Å². The van der Waals surface area contributed by atoms with Crippen LogP contribution in [0.1, 0.15) is 23.0 Å². The molecule has 2 aromatic rings. The van der Waals surface area contributed by atoms with Gasteiger partial charge in [-0.2, -0.15) is 0 Å². The Morgan fingerprint density at radius 1 is 1.15 bits per heavy atom. The molecule has 0 aliphatic heterocycles. The number of hydrogen-bond acceptors (Lipinski definition) is 3. The second-order valence-corrected chi connectivity index (χ2v) is 4.62. The summed E-state index contributed by atoms with van der Waals surface area (Å²) in [4.78, 5) is 22.9. The molecule has 0 aliphatic rings. The molecule has 2 rings (SSSR count). The van der Waals surface area contributed by atoms with E-state index in [2.05, 4.69) is 10.6 Å². The van der Waals surface area contributed by atoms with Gasteiger partial charge in [-0.1, -0.05) is 17.7 Å². The van der Waals surface area contributed by atoms with Crippen LogP contribution in [0.5, 0.6) is 0 Å². The molecule has 0 radical (unpaired) electrons. The number of carbonyl (C=O) groups is 2. The van der Waals surface area contributed by atoms with Crippen LogP contribution in [-0.4, -0.2) is 11.8 Å². The molecule has 1 heterocycles. The molecule has 0 saturated heterocycles. The van der Waals surface area contributed by atoms with Gasteiger partial charge in [-0.25, -0.2) is 0 Å². The van der Waals surface area contributed by atoms with Gasteiger partial charge in [-0.15, -0.1) is 0 Å². The zero-order chi connectivity index (χ0) is 14.7. The number of rotatable bonds is 3. The lowest BCUT2D eigenvalue weighted by Crippen LogP contribution is -2.12. The highest BCUT2D eigenvalue weighted by atomic mass is 35.5. The van der Waals surface area contributed by atoms with Crippen LogP contribution in [0.15, 0.2) is 34.7 Å². The van der Waals surface area contributed by atoms with E-state index >= 15 is 0 Å². The van der Waals surface area contributed by atoms with E-state index in [1.165, 1.54) is 19.1 Å². The topological polar surface area (TPSA) is 71.3 Å². The number of nitrogens with one attached hydrogen (secondary N) is 2. The third-order valence-corrected chi connectivity index (χ3v) is 3.05. The summed E-state index contributed by atoms with van der Waals surface area (Å²) in [7, 11) is 0. The Bertz CT molecular complexity index is 664. The predicted molar refractivity (Wildman–Crippen MR) is 77.2 cm³/mol. The molecule has 1 aromatic carbocycles. The molecule has 0 aliphatic carbocycles. The van der Waals surface area contributed by atoms with E-state index in [9.17, 15) is 9.59 Å². The molecular formula is C14H13ClN2O3. The fourth-order valence-corrected chi connectivity index (χ4v) is 1.80. The van der Waals surface area contributed by atoms with Crippen LogP contribution in [0.3, 0.4) is 0 Å². The summed E-state index contributed by atoms with van der Waals surface area (Å²) >= 11 is 5.98. The maximum absolute atomic E-state index is 12.0. The summed E-state index contributed by atoms with van der Waals surface area (Å²) in [6.07, 6.45) is 0. The van der Waals surface area contributed by atoms with E-state index in [1.54, 1.807) is 18.2 Å². The van der Waals surface area contributed by atoms with E-state index in [0.717, 1.165) is 5.56 Å². The van der Waals surface area contributed by atoms with Crippen LogP contribution in [0.25, 0.3) is 0 Å². The number of halogens is 1. The molecule has 0 unspecified atom stereocenters. The number of anilines is 2. The van der Waals surface area contributed by atoms with Gasteiger partial charge in [-0.3, -0.25) is 14.9 Å². The molecule has 5 nitrogen and oxygen atoms in total. The average Bonchev–Trinajstić information content (AvgIpc) is 2.82. The quantitative estimate of drug-likeness (QED) is 0.910. The lowest BCUT2D eigenvalue weighted by atomic mass is 10.2. The van der Waals surface area contributed by atoms with E-state index in [-0.39, 0.29) is 17.6 Å². The molecule has 20 heavy (non-hydrogen) atoms. The first-order chi connectivity index (χ1) is 9.47. The predicted octanol–water partition coefficient (Wildman–Crippen LogP) is 3.45. The second kappa shape index (κ2) is 5.79. The van der Waals surface area contributed by atoms with Crippen molar-refractivity contribution in [1.82, 2.24) is 0 Å². The first-order valence-corrected chi connectivity index (χ1v) is 6.29. The Balaban J connectivity index is 2.14. The summed E-state index contributed by atoms with van der Waals surface area (Å²) in [5.74, 6) is -0.345. The van der Waals surface area contributed by atoms with Crippen LogP contribution in [0.2, 0.25) is 5.02 Å². The van der Waals surface area contributed by atoms with Crippen LogP contribution in [-0.2, 0) is 4.79 Å². The Morgan fingerprint density at radius 2 is 1.90 bits per heavy atom. The minimum Gasteiger partial charge on any atom is -0.435 e. The number of benzene rings is 1. The summed E-state index contributed by atoms with van der Waals surface area (Å²) in [6, 6.07) is 8.24. The highest BCUT2D eigenvalue weighted by molar-refractivity contribution is 6.31. The van der Waals surface area contributed by atoms with Gasteiger partial charge in [0.1, 0.15) is 0 Å². The van der Waals surface area contributed by atoms with E-state index in [4.69, 9.17) is 16.0 Å². The van der Waals surface area contributed by atoms with Crippen LogP contribution in [0, 0.1) is 6.92 Å². The number of hydrogen-bond donors (Lipinski definition) is 2. The highest BCUT2D eigenvalue weighted by Gasteiger charge is 2.13. The molecule has 104 valence electrons. The largest absolute Gasteiger partial charge is 0.435 e. The number of amides is 2. The fourth-order valence-electron chi connectivity index (χ4n) is 1.63. The van der Waals surface area contributed by atoms with Crippen molar-refractivity contribution >= 4 is 35.0 Å². The highest BCUT2D eigenvalue weighted by Crippen LogP contribution is 2.24. The van der Waals surface area contributed by atoms with Gasteiger partial charge in [0.25, 0.3) is 5.91 Å². The maximum Gasteiger partial charge on any atom is 0.291 e.